The summed E-state index contributed by atoms with van der Waals surface area (Å²) in [5.74, 6) is -0.504. The molecule has 2 aliphatic heterocycles. The van der Waals surface area contributed by atoms with E-state index in [1.807, 2.05) is 35.2 Å². The van der Waals surface area contributed by atoms with Crippen LogP contribution < -0.4 is 10.6 Å². The molecule has 1 atom stereocenters. The number of aromatic nitrogens is 2. The van der Waals surface area contributed by atoms with Crippen molar-refractivity contribution in [3.63, 3.8) is 0 Å². The molecule has 0 saturated carbocycles. The molecule has 1 saturated heterocycles. The second-order valence-electron chi connectivity index (χ2n) is 10.0. The molecular formula is C27H31ClN6O4. The summed E-state index contributed by atoms with van der Waals surface area (Å²) in [6.45, 7) is 5.03. The molecule has 2 aromatic carbocycles. The molecule has 0 aliphatic carbocycles. The zero-order valence-electron chi connectivity index (χ0n) is 21.4. The molecule has 4 amide bonds. The van der Waals surface area contributed by atoms with Crippen molar-refractivity contribution in [2.75, 3.05) is 18.4 Å². The van der Waals surface area contributed by atoms with Gasteiger partial charge >= 0.3 is 18.0 Å². The van der Waals surface area contributed by atoms with E-state index >= 15 is 0 Å². The lowest BCUT2D eigenvalue weighted by atomic mass is 10.0. The molecule has 0 spiro atoms. The van der Waals surface area contributed by atoms with Gasteiger partial charge in [0.25, 0.3) is 0 Å². The number of ether oxygens (including phenoxy) is 1. The van der Waals surface area contributed by atoms with Gasteiger partial charge in [0.1, 0.15) is 6.04 Å². The topological polar surface area (TPSA) is 120 Å². The molecule has 1 fully saturated rings. The van der Waals surface area contributed by atoms with E-state index in [4.69, 9.17) is 16.3 Å². The molecule has 1 aromatic heterocycles. The number of hydrogen-bond donors (Lipinski definition) is 3. The average Bonchev–Trinajstić information content (AvgIpc) is 3.37. The number of nitrogens with one attached hydrogen (secondary N) is 3. The molecule has 11 heteroatoms. The van der Waals surface area contributed by atoms with Crippen molar-refractivity contribution in [2.24, 2.45) is 0 Å². The second kappa shape index (κ2) is 10.9. The number of piperidine rings is 1. The first-order valence-electron chi connectivity index (χ1n) is 12.8. The minimum Gasteiger partial charge on any atom is -0.461 e. The molecule has 3 heterocycles. The predicted molar refractivity (Wildman–Crippen MR) is 144 cm³/mol. The Morgan fingerprint density at radius 2 is 1.97 bits per heavy atom. The average molecular weight is 539 g/mol. The molecule has 0 radical (unpaired) electrons. The number of anilines is 1. The Hall–Kier alpha value is -3.79. The summed E-state index contributed by atoms with van der Waals surface area (Å²) in [6, 6.07) is 10.1. The van der Waals surface area contributed by atoms with Crippen molar-refractivity contribution in [3.05, 3.63) is 58.7 Å². The normalized spacial score (nSPS) is 16.8. The van der Waals surface area contributed by atoms with Gasteiger partial charge in [-0.1, -0.05) is 29.8 Å². The van der Waals surface area contributed by atoms with E-state index in [2.05, 4.69) is 20.8 Å². The van der Waals surface area contributed by atoms with E-state index in [9.17, 15) is 14.4 Å². The van der Waals surface area contributed by atoms with Gasteiger partial charge in [-0.3, -0.25) is 5.10 Å². The molecule has 3 aromatic rings. The summed E-state index contributed by atoms with van der Waals surface area (Å²) in [5.41, 5.74) is 3.42. The molecule has 10 nitrogen and oxygen atoms in total. The van der Waals surface area contributed by atoms with Gasteiger partial charge in [0.05, 0.1) is 22.8 Å². The number of carbonyl (C=O) groups excluding carboxylic acids is 3. The lowest BCUT2D eigenvalue weighted by Gasteiger charge is -2.40. The van der Waals surface area contributed by atoms with Crippen LogP contribution >= 0.6 is 11.6 Å². The lowest BCUT2D eigenvalue weighted by molar-refractivity contribution is -0.149. The molecule has 200 valence electrons. The Morgan fingerprint density at radius 3 is 2.74 bits per heavy atom. The number of likely N-dealkylation sites (tertiary alicyclic amines) is 1. The fourth-order valence-corrected chi connectivity index (χ4v) is 5.36. The quantitative estimate of drug-likeness (QED) is 0.404. The fourth-order valence-electron chi connectivity index (χ4n) is 5.07. The van der Waals surface area contributed by atoms with Crippen LogP contribution in [0.3, 0.4) is 0 Å². The number of benzene rings is 2. The van der Waals surface area contributed by atoms with Gasteiger partial charge in [0.15, 0.2) is 0 Å². The first-order chi connectivity index (χ1) is 18.3. The van der Waals surface area contributed by atoms with Crippen LogP contribution in [0.25, 0.3) is 10.9 Å². The summed E-state index contributed by atoms with van der Waals surface area (Å²) >= 11 is 6.38. The maximum atomic E-state index is 13.2. The number of amides is 4. The number of urea groups is 2. The number of carbonyl (C=O) groups is 3. The first-order valence-corrected chi connectivity index (χ1v) is 13.2. The monoisotopic (exact) mass is 538 g/mol. The molecular weight excluding hydrogens is 508 g/mol. The third kappa shape index (κ3) is 5.55. The Labute approximate surface area is 225 Å². The Bertz CT molecular complexity index is 1350. The predicted octanol–water partition coefficient (Wildman–Crippen LogP) is 4.30. The van der Waals surface area contributed by atoms with Crippen LogP contribution in [0.15, 0.2) is 42.6 Å². The SMILES string of the molecule is CC(C)OC(=O)C(Cc1cc(Cl)c2[nH]ncc2c1)NC(=O)N1CCC(N2Cc3ccccc3NC2=O)CC1. The third-order valence-electron chi connectivity index (χ3n) is 6.99. The third-order valence-corrected chi connectivity index (χ3v) is 7.29. The number of halogens is 1. The van der Waals surface area contributed by atoms with Crippen molar-refractivity contribution < 1.29 is 19.1 Å². The van der Waals surface area contributed by atoms with Crippen LogP contribution in [-0.4, -0.2) is 69.3 Å². The zero-order chi connectivity index (χ0) is 26.8. The minimum absolute atomic E-state index is 0.0259. The van der Waals surface area contributed by atoms with Gasteiger partial charge in [-0.15, -0.1) is 0 Å². The summed E-state index contributed by atoms with van der Waals surface area (Å²) in [6.07, 6.45) is 2.87. The second-order valence-corrected chi connectivity index (χ2v) is 10.4. The maximum Gasteiger partial charge on any atom is 0.329 e. The Morgan fingerprint density at radius 1 is 1.21 bits per heavy atom. The highest BCUT2D eigenvalue weighted by Gasteiger charge is 2.34. The van der Waals surface area contributed by atoms with Gasteiger partial charge < -0.3 is 25.2 Å². The van der Waals surface area contributed by atoms with E-state index in [0.29, 0.717) is 37.5 Å². The number of hydrogen-bond acceptors (Lipinski definition) is 5. The fraction of sp³-hybridized carbons (Fsp3) is 0.407. The van der Waals surface area contributed by atoms with E-state index < -0.39 is 12.0 Å². The van der Waals surface area contributed by atoms with Gasteiger partial charge in [0, 0.05) is 43.2 Å². The number of aromatic amines is 1. The van der Waals surface area contributed by atoms with Crippen molar-refractivity contribution >= 4 is 46.2 Å². The summed E-state index contributed by atoms with van der Waals surface area (Å²) in [7, 11) is 0. The highest BCUT2D eigenvalue weighted by atomic mass is 35.5. The number of nitrogens with zero attached hydrogens (tertiary/aromatic N) is 3. The van der Waals surface area contributed by atoms with Crippen molar-refractivity contribution in [1.82, 2.24) is 25.3 Å². The standard InChI is InChI=1S/C27H31ClN6O4/c1-16(2)38-25(35)23(13-17-11-19-14-29-32-24(19)21(28)12-17)31-26(36)33-9-7-20(8-10-33)34-15-18-5-3-4-6-22(18)30-27(34)37/h3-6,11-12,14,16,20,23H,7-10,13,15H2,1-2H3,(H,29,32)(H,30,37)(H,31,36). The Balaban J connectivity index is 1.23. The molecule has 0 bridgehead atoms. The van der Waals surface area contributed by atoms with Crippen LogP contribution in [0.1, 0.15) is 37.8 Å². The van der Waals surface area contributed by atoms with E-state index in [0.717, 1.165) is 27.7 Å². The van der Waals surface area contributed by atoms with Crippen LogP contribution in [0, 0.1) is 0 Å². The lowest BCUT2D eigenvalue weighted by Crippen LogP contribution is -2.55. The Kier molecular flexibility index (Phi) is 7.42. The van der Waals surface area contributed by atoms with Crippen molar-refractivity contribution in [2.45, 2.75) is 57.8 Å². The van der Waals surface area contributed by atoms with Gasteiger partial charge in [-0.05, 0) is 56.0 Å². The zero-order valence-corrected chi connectivity index (χ0v) is 22.1. The van der Waals surface area contributed by atoms with Gasteiger partial charge in [-0.2, -0.15) is 5.10 Å². The van der Waals surface area contributed by atoms with Gasteiger partial charge in [0.2, 0.25) is 0 Å². The van der Waals surface area contributed by atoms with E-state index in [-0.39, 0.29) is 30.6 Å². The molecule has 1 unspecified atom stereocenters. The highest BCUT2D eigenvalue weighted by molar-refractivity contribution is 6.35. The number of H-pyrrole nitrogens is 1. The molecule has 38 heavy (non-hydrogen) atoms. The van der Waals surface area contributed by atoms with Crippen LogP contribution in [0.2, 0.25) is 5.02 Å². The number of para-hydroxylation sites is 1. The number of rotatable bonds is 6. The maximum absolute atomic E-state index is 13.2. The highest BCUT2D eigenvalue weighted by Crippen LogP contribution is 2.28. The summed E-state index contributed by atoms with van der Waals surface area (Å²) in [4.78, 5) is 42.4. The molecule has 5 rings (SSSR count). The largest absolute Gasteiger partial charge is 0.461 e. The molecule has 2 aliphatic rings. The van der Waals surface area contributed by atoms with Crippen molar-refractivity contribution in [1.29, 1.82) is 0 Å². The summed E-state index contributed by atoms with van der Waals surface area (Å²) < 4.78 is 5.44. The number of esters is 1. The van der Waals surface area contributed by atoms with E-state index in [1.54, 1.807) is 31.0 Å². The summed E-state index contributed by atoms with van der Waals surface area (Å²) in [5, 5.41) is 14.0. The smallest absolute Gasteiger partial charge is 0.329 e. The minimum atomic E-state index is -0.882. The van der Waals surface area contributed by atoms with Crippen LogP contribution in [0.4, 0.5) is 15.3 Å². The van der Waals surface area contributed by atoms with Gasteiger partial charge in [-0.25, -0.2) is 14.4 Å². The first kappa shape index (κ1) is 25.8. The van der Waals surface area contributed by atoms with Crippen LogP contribution in [0.5, 0.6) is 0 Å². The van der Waals surface area contributed by atoms with E-state index in [1.165, 1.54) is 0 Å². The number of fused-ring (bicyclic) bond motifs is 2. The molecule has 3 N–H and O–H groups in total. The van der Waals surface area contributed by atoms with Crippen LogP contribution in [-0.2, 0) is 22.5 Å². The van der Waals surface area contributed by atoms with Crippen molar-refractivity contribution in [3.8, 4) is 0 Å².